The van der Waals surface area contributed by atoms with Crippen molar-refractivity contribution in [3.8, 4) is 11.5 Å². The van der Waals surface area contributed by atoms with Crippen molar-refractivity contribution in [2.24, 2.45) is 5.92 Å². The number of benzene rings is 1. The van der Waals surface area contributed by atoms with Gasteiger partial charge in [0.25, 0.3) is 0 Å². The van der Waals surface area contributed by atoms with E-state index in [-0.39, 0.29) is 11.8 Å². The summed E-state index contributed by atoms with van der Waals surface area (Å²) in [5, 5.41) is 0.673. The zero-order chi connectivity index (χ0) is 17.3. The molecule has 1 aromatic carbocycles. The maximum atomic E-state index is 12.3. The van der Waals surface area contributed by atoms with Crippen molar-refractivity contribution >= 4 is 17.5 Å². The minimum Gasteiger partial charge on any atom is -0.493 e. The Balaban J connectivity index is 1.81. The summed E-state index contributed by atoms with van der Waals surface area (Å²) in [6.07, 6.45) is 2.08. The van der Waals surface area contributed by atoms with Crippen LogP contribution in [0.15, 0.2) is 12.1 Å². The van der Waals surface area contributed by atoms with E-state index >= 15 is 0 Å². The number of carbonyl (C=O) groups is 1. The third kappa shape index (κ3) is 3.33. The highest BCUT2D eigenvalue weighted by Gasteiger charge is 2.38. The summed E-state index contributed by atoms with van der Waals surface area (Å²) in [4.78, 5) is 16.6. The zero-order valence-corrected chi connectivity index (χ0v) is 15.3. The molecule has 1 aromatic rings. The lowest BCUT2D eigenvalue weighted by Gasteiger charge is -2.32. The van der Waals surface area contributed by atoms with Gasteiger partial charge in [-0.2, -0.15) is 0 Å². The first kappa shape index (κ1) is 17.4. The Kier molecular flexibility index (Phi) is 5.21. The zero-order valence-electron chi connectivity index (χ0n) is 14.5. The van der Waals surface area contributed by atoms with Crippen LogP contribution in [0.25, 0.3) is 0 Å². The van der Waals surface area contributed by atoms with Crippen molar-refractivity contribution in [2.75, 3.05) is 33.9 Å². The quantitative estimate of drug-likeness (QED) is 0.817. The standard InChI is InChI=1S/C18H25ClN2O3/c1-4-24-17-7-13(15(19)8-16(17)23-3)10-21-9-12-5-6-14(11-21)20(2)18(12)22/h7-8,12,14H,4-6,9-11H2,1-3H3/t12-,14+/m0/s1. The highest BCUT2D eigenvalue weighted by molar-refractivity contribution is 6.31. The number of amides is 1. The molecule has 2 bridgehead atoms. The molecule has 3 aliphatic rings. The molecule has 0 N–H and O–H groups in total. The summed E-state index contributed by atoms with van der Waals surface area (Å²) in [7, 11) is 3.54. The molecule has 0 aromatic heterocycles. The predicted molar refractivity (Wildman–Crippen MR) is 93.7 cm³/mol. The smallest absolute Gasteiger partial charge is 0.227 e. The van der Waals surface area contributed by atoms with E-state index in [2.05, 4.69) is 4.90 Å². The van der Waals surface area contributed by atoms with Gasteiger partial charge in [-0.15, -0.1) is 0 Å². The van der Waals surface area contributed by atoms with Crippen molar-refractivity contribution in [1.82, 2.24) is 9.80 Å². The van der Waals surface area contributed by atoms with Crippen LogP contribution in [0.3, 0.4) is 0 Å². The van der Waals surface area contributed by atoms with E-state index in [4.69, 9.17) is 21.1 Å². The van der Waals surface area contributed by atoms with Crippen molar-refractivity contribution in [1.29, 1.82) is 0 Å². The van der Waals surface area contributed by atoms with Crippen LogP contribution in [0.5, 0.6) is 11.5 Å². The summed E-state index contributed by atoms with van der Waals surface area (Å²) in [5.74, 6) is 1.75. The average molecular weight is 353 g/mol. The molecule has 3 aliphatic heterocycles. The van der Waals surface area contributed by atoms with Crippen molar-refractivity contribution in [3.63, 3.8) is 0 Å². The van der Waals surface area contributed by atoms with Crippen LogP contribution in [-0.4, -0.2) is 55.6 Å². The lowest BCUT2D eigenvalue weighted by Crippen LogP contribution is -2.45. The van der Waals surface area contributed by atoms with E-state index < -0.39 is 0 Å². The van der Waals surface area contributed by atoms with Crippen LogP contribution >= 0.6 is 11.6 Å². The molecule has 0 unspecified atom stereocenters. The number of methoxy groups -OCH3 is 1. The van der Waals surface area contributed by atoms with Crippen LogP contribution in [0.2, 0.25) is 5.02 Å². The second-order valence-corrected chi connectivity index (χ2v) is 7.01. The summed E-state index contributed by atoms with van der Waals surface area (Å²) in [5.41, 5.74) is 1.01. The number of hydrogen-bond donors (Lipinski definition) is 0. The van der Waals surface area contributed by atoms with Gasteiger partial charge in [-0.05, 0) is 31.4 Å². The van der Waals surface area contributed by atoms with Crippen molar-refractivity contribution in [2.45, 2.75) is 32.4 Å². The van der Waals surface area contributed by atoms with Gasteiger partial charge in [0.05, 0.1) is 19.6 Å². The summed E-state index contributed by atoms with van der Waals surface area (Å²) in [6.45, 7) is 4.93. The molecule has 0 aliphatic carbocycles. The minimum atomic E-state index is 0.108. The van der Waals surface area contributed by atoms with Gasteiger partial charge in [-0.1, -0.05) is 11.6 Å². The van der Waals surface area contributed by atoms with Gasteiger partial charge >= 0.3 is 0 Å². The monoisotopic (exact) mass is 352 g/mol. The van der Waals surface area contributed by atoms with E-state index in [0.29, 0.717) is 29.2 Å². The van der Waals surface area contributed by atoms with Gasteiger partial charge in [0.15, 0.2) is 11.5 Å². The molecule has 4 rings (SSSR count). The molecule has 3 heterocycles. The fourth-order valence-corrected chi connectivity index (χ4v) is 3.96. The lowest BCUT2D eigenvalue weighted by atomic mass is 9.95. The number of ether oxygens (including phenoxy) is 2. The molecule has 0 radical (unpaired) electrons. The van der Waals surface area contributed by atoms with E-state index in [1.54, 1.807) is 7.11 Å². The Labute approximate surface area is 148 Å². The van der Waals surface area contributed by atoms with Crippen LogP contribution in [0.4, 0.5) is 0 Å². The fourth-order valence-electron chi connectivity index (χ4n) is 3.74. The molecule has 0 saturated carbocycles. The highest BCUT2D eigenvalue weighted by atomic mass is 35.5. The first-order chi connectivity index (χ1) is 11.5. The second-order valence-electron chi connectivity index (χ2n) is 6.60. The van der Waals surface area contributed by atoms with Gasteiger partial charge in [0.1, 0.15) is 0 Å². The van der Waals surface area contributed by atoms with Crippen molar-refractivity contribution in [3.05, 3.63) is 22.7 Å². The van der Waals surface area contributed by atoms with E-state index in [1.807, 2.05) is 31.0 Å². The molecular weight excluding hydrogens is 328 g/mol. The normalized spacial score (nSPS) is 24.2. The lowest BCUT2D eigenvalue weighted by molar-refractivity contribution is -0.138. The van der Waals surface area contributed by atoms with Gasteiger partial charge < -0.3 is 14.4 Å². The van der Waals surface area contributed by atoms with Gasteiger partial charge in [-0.3, -0.25) is 9.69 Å². The maximum absolute atomic E-state index is 12.3. The molecule has 1 amide bonds. The van der Waals surface area contributed by atoms with E-state index in [1.165, 1.54) is 0 Å². The third-order valence-electron chi connectivity index (χ3n) is 5.07. The van der Waals surface area contributed by atoms with Crippen molar-refractivity contribution < 1.29 is 14.3 Å². The first-order valence-corrected chi connectivity index (χ1v) is 8.89. The SMILES string of the molecule is CCOc1cc(CN2C[C@@H]3CC[C@H](C2)N(C)C3=O)c(Cl)cc1OC. The van der Waals surface area contributed by atoms with E-state index in [0.717, 1.165) is 38.0 Å². The summed E-state index contributed by atoms with van der Waals surface area (Å²) < 4.78 is 11.0. The van der Waals surface area contributed by atoms with Gasteiger partial charge in [0.2, 0.25) is 5.91 Å². The molecule has 2 atom stereocenters. The number of fused-ring (bicyclic) bond motifs is 4. The number of piperidine rings is 1. The van der Waals surface area contributed by atoms with Crippen LogP contribution in [0.1, 0.15) is 25.3 Å². The molecule has 0 spiro atoms. The Morgan fingerprint density at radius 1 is 1.25 bits per heavy atom. The molecular formula is C18H25ClN2O3. The molecule has 5 nitrogen and oxygen atoms in total. The molecule has 3 saturated heterocycles. The largest absolute Gasteiger partial charge is 0.493 e. The van der Waals surface area contributed by atoms with Gasteiger partial charge in [0, 0.05) is 43.8 Å². The molecule has 24 heavy (non-hydrogen) atoms. The predicted octanol–water partition coefficient (Wildman–Crippen LogP) is 2.80. The Bertz CT molecular complexity index is 623. The molecule has 3 fully saturated rings. The Hall–Kier alpha value is -1.46. The minimum absolute atomic E-state index is 0.108. The number of likely N-dealkylation sites (N-methyl/N-ethyl adjacent to an activating group) is 1. The number of carbonyl (C=O) groups excluding carboxylic acids is 1. The van der Waals surface area contributed by atoms with Gasteiger partial charge in [-0.25, -0.2) is 0 Å². The van der Waals surface area contributed by atoms with Crippen LogP contribution in [-0.2, 0) is 11.3 Å². The molecule has 132 valence electrons. The number of rotatable bonds is 5. The second kappa shape index (κ2) is 7.19. The maximum Gasteiger partial charge on any atom is 0.227 e. The molecule has 6 heteroatoms. The Morgan fingerprint density at radius 2 is 2.04 bits per heavy atom. The number of nitrogens with zero attached hydrogens (tertiary/aromatic N) is 2. The van der Waals surface area contributed by atoms with E-state index in [9.17, 15) is 4.79 Å². The Morgan fingerprint density at radius 3 is 2.75 bits per heavy atom. The third-order valence-corrected chi connectivity index (χ3v) is 5.42. The average Bonchev–Trinajstić information content (AvgIpc) is 2.83. The number of hydrogen-bond acceptors (Lipinski definition) is 4. The summed E-state index contributed by atoms with van der Waals surface area (Å²) >= 11 is 6.45. The fraction of sp³-hybridized carbons (Fsp3) is 0.611. The number of halogens is 1. The van der Waals surface area contributed by atoms with Crippen LogP contribution in [0, 0.1) is 5.92 Å². The highest BCUT2D eigenvalue weighted by Crippen LogP contribution is 2.35. The topological polar surface area (TPSA) is 42.0 Å². The first-order valence-electron chi connectivity index (χ1n) is 8.51. The van der Waals surface area contributed by atoms with Crippen LogP contribution < -0.4 is 9.47 Å². The summed E-state index contributed by atoms with van der Waals surface area (Å²) in [6, 6.07) is 4.08.